The normalized spacial score (nSPS) is 17.7. The van der Waals surface area contributed by atoms with Crippen molar-refractivity contribution in [1.29, 1.82) is 0 Å². The lowest BCUT2D eigenvalue weighted by Crippen LogP contribution is -2.46. The summed E-state index contributed by atoms with van der Waals surface area (Å²) in [6.07, 6.45) is 2.05. The van der Waals surface area contributed by atoms with E-state index in [0.29, 0.717) is 18.0 Å². The smallest absolute Gasteiger partial charge is 0.239 e. The lowest BCUT2D eigenvalue weighted by Gasteiger charge is -2.28. The van der Waals surface area contributed by atoms with E-state index in [1.807, 2.05) is 25.1 Å². The lowest BCUT2D eigenvalue weighted by atomic mass is 10.0. The molecule has 0 aromatic heterocycles. The summed E-state index contributed by atoms with van der Waals surface area (Å²) in [7, 11) is 1.59. The third-order valence-electron chi connectivity index (χ3n) is 4.06. The van der Waals surface area contributed by atoms with Crippen LogP contribution in [-0.2, 0) is 14.3 Å². The molecule has 0 spiro atoms. The molecule has 2 amide bonds. The third-order valence-corrected chi connectivity index (χ3v) is 4.41. The summed E-state index contributed by atoms with van der Waals surface area (Å²) in [5.41, 5.74) is 0.832. The molecule has 0 radical (unpaired) electrons. The Morgan fingerprint density at radius 1 is 1.39 bits per heavy atom. The van der Waals surface area contributed by atoms with Crippen molar-refractivity contribution in [3.63, 3.8) is 0 Å². The quantitative estimate of drug-likeness (QED) is 0.867. The highest BCUT2D eigenvalue weighted by Gasteiger charge is 2.25. The molecule has 1 fully saturated rings. The van der Waals surface area contributed by atoms with E-state index in [2.05, 4.69) is 5.32 Å². The first-order valence-corrected chi connectivity index (χ1v) is 8.25. The molecule has 1 aliphatic heterocycles. The standard InChI is InChI=1S/C17H23ClN2O3/c1-12(17(23-2)13-7-3-4-8-14(13)18)19-15(21)11-20-10-6-5-9-16(20)22/h3-4,7-8,12,17H,5-6,9-11H2,1-2H3,(H,19,21)/t12-,17-/m0/s1. The number of nitrogens with one attached hydrogen (secondary N) is 1. The SMILES string of the molecule is CO[C@H](c1ccccc1Cl)[C@H](C)NC(=O)CN1CCCCC1=O. The van der Waals surface area contributed by atoms with Gasteiger partial charge in [-0.1, -0.05) is 29.8 Å². The van der Waals surface area contributed by atoms with Gasteiger partial charge in [0.1, 0.15) is 6.10 Å². The maximum Gasteiger partial charge on any atom is 0.239 e. The van der Waals surface area contributed by atoms with Crippen LogP contribution in [0, 0.1) is 0 Å². The van der Waals surface area contributed by atoms with Crippen LogP contribution in [-0.4, -0.2) is 43.0 Å². The van der Waals surface area contributed by atoms with E-state index in [9.17, 15) is 9.59 Å². The maximum atomic E-state index is 12.2. The highest BCUT2D eigenvalue weighted by molar-refractivity contribution is 6.31. The van der Waals surface area contributed by atoms with Crippen LogP contribution >= 0.6 is 11.6 Å². The summed E-state index contributed by atoms with van der Waals surface area (Å²) in [5.74, 6) is -0.129. The fraction of sp³-hybridized carbons (Fsp3) is 0.529. The largest absolute Gasteiger partial charge is 0.375 e. The van der Waals surface area contributed by atoms with Crippen molar-refractivity contribution in [2.75, 3.05) is 20.2 Å². The topological polar surface area (TPSA) is 58.6 Å². The Hall–Kier alpha value is -1.59. The highest BCUT2D eigenvalue weighted by Crippen LogP contribution is 2.27. The van der Waals surface area contributed by atoms with Crippen molar-refractivity contribution in [3.05, 3.63) is 34.9 Å². The van der Waals surface area contributed by atoms with E-state index in [1.165, 1.54) is 0 Å². The maximum absolute atomic E-state index is 12.2. The molecular formula is C17H23ClN2O3. The van der Waals surface area contributed by atoms with Crippen molar-refractivity contribution in [3.8, 4) is 0 Å². The molecule has 1 aromatic carbocycles. The van der Waals surface area contributed by atoms with Crippen LogP contribution in [0.5, 0.6) is 0 Å². The van der Waals surface area contributed by atoms with Gasteiger partial charge in [-0.3, -0.25) is 9.59 Å². The van der Waals surface area contributed by atoms with Gasteiger partial charge >= 0.3 is 0 Å². The van der Waals surface area contributed by atoms with Crippen molar-refractivity contribution in [2.24, 2.45) is 0 Å². The van der Waals surface area contributed by atoms with Gasteiger partial charge in [0.2, 0.25) is 11.8 Å². The van der Waals surface area contributed by atoms with Crippen LogP contribution in [0.4, 0.5) is 0 Å². The summed E-state index contributed by atoms with van der Waals surface area (Å²) in [6, 6.07) is 7.15. The molecule has 1 aliphatic rings. The van der Waals surface area contributed by atoms with Gasteiger partial charge in [-0.2, -0.15) is 0 Å². The highest BCUT2D eigenvalue weighted by atomic mass is 35.5. The second-order valence-corrected chi connectivity index (χ2v) is 6.21. The van der Waals surface area contributed by atoms with E-state index >= 15 is 0 Å². The number of carbonyl (C=O) groups is 2. The van der Waals surface area contributed by atoms with Crippen LogP contribution in [0.2, 0.25) is 5.02 Å². The average molecular weight is 339 g/mol. The molecule has 0 bridgehead atoms. The Morgan fingerprint density at radius 2 is 2.13 bits per heavy atom. The molecule has 1 saturated heterocycles. The summed E-state index contributed by atoms with van der Waals surface area (Å²) >= 11 is 6.21. The number of halogens is 1. The number of likely N-dealkylation sites (tertiary alicyclic amines) is 1. The molecule has 6 heteroatoms. The number of nitrogens with zero attached hydrogens (tertiary/aromatic N) is 1. The zero-order chi connectivity index (χ0) is 16.8. The number of rotatable bonds is 6. The number of hydrogen-bond acceptors (Lipinski definition) is 3. The minimum Gasteiger partial charge on any atom is -0.375 e. The average Bonchev–Trinajstić information content (AvgIpc) is 2.52. The zero-order valence-corrected chi connectivity index (χ0v) is 14.3. The van der Waals surface area contributed by atoms with Crippen molar-refractivity contribution >= 4 is 23.4 Å². The van der Waals surface area contributed by atoms with E-state index in [4.69, 9.17) is 16.3 Å². The molecule has 2 rings (SSSR count). The first kappa shape index (κ1) is 17.8. The van der Waals surface area contributed by atoms with Crippen LogP contribution in [0.1, 0.15) is 37.9 Å². The second kappa shape index (κ2) is 8.31. The molecule has 1 aromatic rings. The molecule has 1 N–H and O–H groups in total. The minimum absolute atomic E-state index is 0.0495. The number of amides is 2. The van der Waals surface area contributed by atoms with Gasteiger partial charge in [-0.25, -0.2) is 0 Å². The van der Waals surface area contributed by atoms with Crippen molar-refractivity contribution in [1.82, 2.24) is 10.2 Å². The molecule has 0 saturated carbocycles. The fourth-order valence-corrected chi connectivity index (χ4v) is 3.13. The van der Waals surface area contributed by atoms with Crippen molar-refractivity contribution in [2.45, 2.75) is 38.3 Å². The molecular weight excluding hydrogens is 316 g/mol. The summed E-state index contributed by atoms with van der Waals surface area (Å²) < 4.78 is 5.51. The van der Waals surface area contributed by atoms with Gasteiger partial charge in [0, 0.05) is 30.7 Å². The summed E-state index contributed by atoms with van der Waals surface area (Å²) in [4.78, 5) is 25.6. The van der Waals surface area contributed by atoms with Crippen LogP contribution < -0.4 is 5.32 Å². The molecule has 1 heterocycles. The zero-order valence-electron chi connectivity index (χ0n) is 13.5. The Labute approximate surface area is 141 Å². The predicted octanol–water partition coefficient (Wildman–Crippen LogP) is 2.54. The van der Waals surface area contributed by atoms with E-state index in [0.717, 1.165) is 18.4 Å². The van der Waals surface area contributed by atoms with E-state index in [1.54, 1.807) is 18.1 Å². The first-order chi connectivity index (χ1) is 11.0. The molecule has 5 nitrogen and oxygen atoms in total. The lowest BCUT2D eigenvalue weighted by molar-refractivity contribution is -0.138. The fourth-order valence-electron chi connectivity index (χ4n) is 2.88. The molecule has 126 valence electrons. The van der Waals surface area contributed by atoms with Gasteiger partial charge in [-0.15, -0.1) is 0 Å². The van der Waals surface area contributed by atoms with Crippen LogP contribution in [0.3, 0.4) is 0 Å². The second-order valence-electron chi connectivity index (χ2n) is 5.81. The van der Waals surface area contributed by atoms with Gasteiger partial charge in [0.15, 0.2) is 0 Å². The predicted molar refractivity (Wildman–Crippen MR) is 89.2 cm³/mol. The van der Waals surface area contributed by atoms with Gasteiger partial charge in [0.25, 0.3) is 0 Å². The number of carbonyl (C=O) groups excluding carboxylic acids is 2. The number of piperidine rings is 1. The Morgan fingerprint density at radius 3 is 2.78 bits per heavy atom. The van der Waals surface area contributed by atoms with Crippen LogP contribution in [0.15, 0.2) is 24.3 Å². The molecule has 0 aliphatic carbocycles. The number of methoxy groups -OCH3 is 1. The molecule has 2 atom stereocenters. The number of hydrogen-bond donors (Lipinski definition) is 1. The summed E-state index contributed by atoms with van der Waals surface area (Å²) in [5, 5.41) is 3.51. The van der Waals surface area contributed by atoms with Gasteiger partial charge < -0.3 is 15.0 Å². The Balaban J connectivity index is 1.96. The van der Waals surface area contributed by atoms with Gasteiger partial charge in [0.05, 0.1) is 12.6 Å². The van der Waals surface area contributed by atoms with E-state index in [-0.39, 0.29) is 30.5 Å². The van der Waals surface area contributed by atoms with E-state index < -0.39 is 0 Å². The monoisotopic (exact) mass is 338 g/mol. The van der Waals surface area contributed by atoms with Crippen molar-refractivity contribution < 1.29 is 14.3 Å². The Kier molecular flexibility index (Phi) is 6.42. The Bertz CT molecular complexity index is 565. The molecule has 23 heavy (non-hydrogen) atoms. The third kappa shape index (κ3) is 4.69. The molecule has 0 unspecified atom stereocenters. The minimum atomic E-state index is -0.343. The van der Waals surface area contributed by atoms with Crippen LogP contribution in [0.25, 0.3) is 0 Å². The number of benzene rings is 1. The summed E-state index contributed by atoms with van der Waals surface area (Å²) in [6.45, 7) is 2.62. The first-order valence-electron chi connectivity index (χ1n) is 7.87. The number of ether oxygens (including phenoxy) is 1. The van der Waals surface area contributed by atoms with Gasteiger partial charge in [-0.05, 0) is 25.8 Å².